The molecule has 1 aliphatic heterocycles. The molecule has 4 nitrogen and oxygen atoms in total. The number of fused-ring (bicyclic) bond motifs is 1. The number of hydrogen-bond donors (Lipinski definition) is 2. The highest BCUT2D eigenvalue weighted by atomic mass is 127. The van der Waals surface area contributed by atoms with Crippen molar-refractivity contribution < 1.29 is 4.74 Å². The summed E-state index contributed by atoms with van der Waals surface area (Å²) in [6.45, 7) is 3.47. The van der Waals surface area contributed by atoms with Crippen molar-refractivity contribution in [1.29, 1.82) is 0 Å². The molecular formula is C15H24IN3OS. The van der Waals surface area contributed by atoms with Crippen LogP contribution < -0.4 is 11.1 Å². The minimum absolute atomic E-state index is 0. The number of nitrogens with zero attached hydrogens (tertiary/aromatic N) is 1. The molecule has 0 saturated heterocycles. The lowest BCUT2D eigenvalue weighted by atomic mass is 9.93. The fourth-order valence-corrected chi connectivity index (χ4v) is 4.12. The fourth-order valence-electron chi connectivity index (χ4n) is 3.14. The largest absolute Gasteiger partial charge is 0.370 e. The summed E-state index contributed by atoms with van der Waals surface area (Å²) < 4.78 is 5.99. The molecule has 21 heavy (non-hydrogen) atoms. The first-order valence-electron chi connectivity index (χ1n) is 7.45. The van der Waals surface area contributed by atoms with Crippen LogP contribution in [0.25, 0.3) is 0 Å². The molecule has 6 heteroatoms. The van der Waals surface area contributed by atoms with Crippen molar-refractivity contribution in [1.82, 2.24) is 5.32 Å². The van der Waals surface area contributed by atoms with Gasteiger partial charge < -0.3 is 15.8 Å². The van der Waals surface area contributed by atoms with Crippen LogP contribution in [0, 0.1) is 0 Å². The molecule has 0 bridgehead atoms. The van der Waals surface area contributed by atoms with E-state index in [4.69, 9.17) is 10.5 Å². The monoisotopic (exact) mass is 421 g/mol. The van der Waals surface area contributed by atoms with Gasteiger partial charge in [0.1, 0.15) is 5.60 Å². The van der Waals surface area contributed by atoms with Gasteiger partial charge in [-0.15, -0.1) is 35.3 Å². The molecule has 2 aliphatic rings. The zero-order chi connectivity index (χ0) is 14.0. The van der Waals surface area contributed by atoms with E-state index in [1.807, 2.05) is 11.3 Å². The Bertz CT molecular complexity index is 499. The highest BCUT2D eigenvalue weighted by Crippen LogP contribution is 2.36. The van der Waals surface area contributed by atoms with Gasteiger partial charge in [-0.1, -0.05) is 12.8 Å². The van der Waals surface area contributed by atoms with Gasteiger partial charge in [-0.3, -0.25) is 4.99 Å². The minimum Gasteiger partial charge on any atom is -0.370 e. The Morgan fingerprint density at radius 1 is 1.52 bits per heavy atom. The van der Waals surface area contributed by atoms with Gasteiger partial charge in [0.2, 0.25) is 0 Å². The molecule has 118 valence electrons. The quantitative estimate of drug-likeness (QED) is 0.448. The summed E-state index contributed by atoms with van der Waals surface area (Å²) in [6.07, 6.45) is 6.02. The molecule has 3 N–H and O–H groups in total. The van der Waals surface area contributed by atoms with Gasteiger partial charge in [-0.25, -0.2) is 0 Å². The first-order valence-corrected chi connectivity index (χ1v) is 8.33. The first kappa shape index (κ1) is 17.0. The summed E-state index contributed by atoms with van der Waals surface area (Å²) in [7, 11) is 0. The maximum Gasteiger partial charge on any atom is 0.188 e. The summed E-state index contributed by atoms with van der Waals surface area (Å²) in [5.41, 5.74) is 6.97. The number of thiophene rings is 1. The number of hydrogen-bond acceptors (Lipinski definition) is 3. The van der Waals surface area contributed by atoms with Crippen LogP contribution >= 0.6 is 35.3 Å². The molecule has 1 fully saturated rings. The second-order valence-electron chi connectivity index (χ2n) is 5.91. The second-order valence-corrected chi connectivity index (χ2v) is 6.91. The van der Waals surface area contributed by atoms with Crippen LogP contribution in [0.3, 0.4) is 0 Å². The van der Waals surface area contributed by atoms with Gasteiger partial charge in [0.15, 0.2) is 5.96 Å². The van der Waals surface area contributed by atoms with E-state index in [1.54, 1.807) is 0 Å². The normalized spacial score (nSPS) is 26.2. The van der Waals surface area contributed by atoms with Crippen LogP contribution in [0.1, 0.15) is 43.0 Å². The molecule has 1 aromatic heterocycles. The maximum atomic E-state index is 6.01. The van der Waals surface area contributed by atoms with E-state index < -0.39 is 0 Å². The predicted octanol–water partition coefficient (Wildman–Crippen LogP) is 3.00. The summed E-state index contributed by atoms with van der Waals surface area (Å²) in [4.78, 5) is 5.95. The highest BCUT2D eigenvalue weighted by molar-refractivity contribution is 14.0. The average molecular weight is 421 g/mol. The highest BCUT2D eigenvalue weighted by Gasteiger charge is 2.34. The number of rotatable bonds is 3. The Kier molecular flexibility index (Phi) is 5.90. The molecule has 1 saturated carbocycles. The van der Waals surface area contributed by atoms with Crippen LogP contribution in [0.5, 0.6) is 0 Å². The molecule has 1 aromatic rings. The SMILES string of the molecule is CC1(CN=C(N)NC2CCCC2)OCCc2sccc21.I. The molecule has 0 amide bonds. The summed E-state index contributed by atoms with van der Waals surface area (Å²) in [5.74, 6) is 0.559. The van der Waals surface area contributed by atoms with Gasteiger partial charge in [0, 0.05) is 17.3 Å². The maximum absolute atomic E-state index is 6.01. The third kappa shape index (κ3) is 3.90. The number of nitrogens with two attached hydrogens (primary N) is 1. The van der Waals surface area contributed by atoms with Crippen molar-refractivity contribution >= 4 is 41.3 Å². The standard InChI is InChI=1S/C15H23N3OS.HI/c1-15(12-7-9-20-13(12)6-8-19-15)10-17-14(16)18-11-4-2-3-5-11;/h7,9,11H,2-6,8,10H2,1H3,(H3,16,17,18);1H. The van der Waals surface area contributed by atoms with E-state index in [0.717, 1.165) is 13.0 Å². The molecule has 2 heterocycles. The van der Waals surface area contributed by atoms with Gasteiger partial charge in [0.05, 0.1) is 13.2 Å². The second kappa shape index (κ2) is 7.28. The Balaban J connectivity index is 0.00000161. The zero-order valence-electron chi connectivity index (χ0n) is 12.4. The Hall–Kier alpha value is -0.340. The van der Waals surface area contributed by atoms with Crippen molar-refractivity contribution in [2.24, 2.45) is 10.7 Å². The van der Waals surface area contributed by atoms with Crippen molar-refractivity contribution in [3.8, 4) is 0 Å². The predicted molar refractivity (Wildman–Crippen MR) is 98.6 cm³/mol. The third-order valence-electron chi connectivity index (χ3n) is 4.32. The molecule has 3 rings (SSSR count). The summed E-state index contributed by atoms with van der Waals surface area (Å²) in [6, 6.07) is 2.67. The molecular weight excluding hydrogens is 397 g/mol. The lowest BCUT2D eigenvalue weighted by Crippen LogP contribution is -2.41. The summed E-state index contributed by atoms with van der Waals surface area (Å²) in [5, 5.41) is 5.47. The van der Waals surface area contributed by atoms with Crippen LogP contribution in [-0.4, -0.2) is 25.2 Å². The summed E-state index contributed by atoms with van der Waals surface area (Å²) >= 11 is 1.81. The molecule has 0 radical (unpaired) electrons. The van der Waals surface area contributed by atoms with E-state index in [9.17, 15) is 0 Å². The first-order chi connectivity index (χ1) is 9.67. The van der Waals surface area contributed by atoms with Crippen LogP contribution in [0.4, 0.5) is 0 Å². The lowest BCUT2D eigenvalue weighted by molar-refractivity contribution is -0.0375. The van der Waals surface area contributed by atoms with Crippen molar-refractivity contribution in [3.05, 3.63) is 21.9 Å². The van der Waals surface area contributed by atoms with E-state index >= 15 is 0 Å². The van der Waals surface area contributed by atoms with Crippen molar-refractivity contribution in [3.63, 3.8) is 0 Å². The average Bonchev–Trinajstić information content (AvgIpc) is 3.08. The van der Waals surface area contributed by atoms with Gasteiger partial charge in [-0.05, 0) is 36.8 Å². The Morgan fingerprint density at radius 3 is 3.05 bits per heavy atom. The fraction of sp³-hybridized carbons (Fsp3) is 0.667. The Morgan fingerprint density at radius 2 is 2.29 bits per heavy atom. The topological polar surface area (TPSA) is 59.6 Å². The van der Waals surface area contributed by atoms with Crippen molar-refractivity contribution in [2.45, 2.75) is 50.7 Å². The van der Waals surface area contributed by atoms with Crippen LogP contribution in [0.15, 0.2) is 16.4 Å². The van der Waals surface area contributed by atoms with Gasteiger partial charge >= 0.3 is 0 Å². The molecule has 1 aliphatic carbocycles. The molecule has 1 unspecified atom stereocenters. The number of aliphatic imine (C=N–C) groups is 1. The zero-order valence-corrected chi connectivity index (χ0v) is 15.6. The van der Waals surface area contributed by atoms with Crippen LogP contribution in [-0.2, 0) is 16.8 Å². The number of guanidine groups is 1. The number of halogens is 1. The van der Waals surface area contributed by atoms with E-state index in [-0.39, 0.29) is 29.6 Å². The molecule has 1 atom stereocenters. The van der Waals surface area contributed by atoms with Gasteiger partial charge in [0.25, 0.3) is 0 Å². The minimum atomic E-state index is -0.324. The third-order valence-corrected chi connectivity index (χ3v) is 5.30. The molecule has 0 spiro atoms. The van der Waals surface area contributed by atoms with Crippen molar-refractivity contribution in [2.75, 3.05) is 13.2 Å². The van der Waals surface area contributed by atoms with E-state index in [0.29, 0.717) is 18.5 Å². The van der Waals surface area contributed by atoms with E-state index in [2.05, 4.69) is 28.7 Å². The Labute approximate surface area is 147 Å². The number of ether oxygens (including phenoxy) is 1. The van der Waals surface area contributed by atoms with Gasteiger partial charge in [-0.2, -0.15) is 0 Å². The molecule has 0 aromatic carbocycles. The smallest absolute Gasteiger partial charge is 0.188 e. The lowest BCUT2D eigenvalue weighted by Gasteiger charge is -2.33. The van der Waals surface area contributed by atoms with E-state index in [1.165, 1.54) is 36.1 Å². The van der Waals surface area contributed by atoms with Crippen LogP contribution in [0.2, 0.25) is 0 Å². The number of nitrogens with one attached hydrogen (secondary N) is 1.